The van der Waals surface area contributed by atoms with Crippen molar-refractivity contribution in [2.75, 3.05) is 13.2 Å². The zero-order chi connectivity index (χ0) is 13.8. The Labute approximate surface area is 112 Å². The molecule has 1 saturated heterocycles. The van der Waals surface area contributed by atoms with E-state index < -0.39 is 8.32 Å². The van der Waals surface area contributed by atoms with E-state index in [4.69, 9.17) is 14.3 Å². The van der Waals surface area contributed by atoms with Crippen LogP contribution in [0, 0.1) is 11.8 Å². The summed E-state index contributed by atoms with van der Waals surface area (Å²) >= 11 is 0. The first-order chi connectivity index (χ1) is 8.26. The Morgan fingerprint density at radius 1 is 1.33 bits per heavy atom. The zero-order valence-corrected chi connectivity index (χ0v) is 13.2. The molecule has 104 valence electrons. The lowest BCUT2D eigenvalue weighted by atomic mass is 10.2. The summed E-state index contributed by atoms with van der Waals surface area (Å²) in [5.41, 5.74) is 0. The molecule has 3 nitrogen and oxygen atoms in total. The van der Waals surface area contributed by atoms with E-state index in [-0.39, 0.29) is 23.9 Å². The van der Waals surface area contributed by atoms with Crippen LogP contribution in [0.2, 0.25) is 18.1 Å². The van der Waals surface area contributed by atoms with Gasteiger partial charge < -0.3 is 14.3 Å². The van der Waals surface area contributed by atoms with Crippen LogP contribution in [-0.2, 0) is 9.16 Å². The van der Waals surface area contributed by atoms with Gasteiger partial charge in [-0.25, -0.2) is 0 Å². The van der Waals surface area contributed by atoms with Gasteiger partial charge in [0.1, 0.15) is 12.7 Å². The van der Waals surface area contributed by atoms with Gasteiger partial charge in [0, 0.05) is 0 Å². The van der Waals surface area contributed by atoms with Crippen LogP contribution < -0.4 is 0 Å². The number of hydrogen-bond acceptors (Lipinski definition) is 3. The molecule has 0 amide bonds. The van der Waals surface area contributed by atoms with Gasteiger partial charge in [0.25, 0.3) is 0 Å². The Hall–Kier alpha value is -0.343. The second-order valence-electron chi connectivity index (χ2n) is 6.37. The van der Waals surface area contributed by atoms with Crippen LogP contribution in [0.4, 0.5) is 0 Å². The predicted molar refractivity (Wildman–Crippen MR) is 75.9 cm³/mol. The highest BCUT2D eigenvalue weighted by Crippen LogP contribution is 2.37. The van der Waals surface area contributed by atoms with Crippen molar-refractivity contribution < 1.29 is 14.3 Å². The molecular formula is C14H26O3Si. The normalized spacial score (nSPS) is 24.8. The molecule has 0 unspecified atom stereocenters. The van der Waals surface area contributed by atoms with Crippen LogP contribution in [-0.4, -0.2) is 38.8 Å². The lowest BCUT2D eigenvalue weighted by Crippen LogP contribution is -2.42. The van der Waals surface area contributed by atoms with Gasteiger partial charge in [-0.15, -0.1) is 0 Å². The molecule has 1 aliphatic rings. The van der Waals surface area contributed by atoms with Gasteiger partial charge in [0.15, 0.2) is 8.32 Å². The van der Waals surface area contributed by atoms with Crippen LogP contribution in [0.5, 0.6) is 0 Å². The minimum atomic E-state index is -1.68. The fourth-order valence-electron chi connectivity index (χ4n) is 1.61. The zero-order valence-electron chi connectivity index (χ0n) is 12.2. The Morgan fingerprint density at radius 2 is 2.00 bits per heavy atom. The van der Waals surface area contributed by atoms with Crippen molar-refractivity contribution in [2.45, 2.75) is 64.0 Å². The van der Waals surface area contributed by atoms with Crippen LogP contribution in [0.15, 0.2) is 0 Å². The standard InChI is InChI=1S/C14H26O3Si/c1-14(2,3)18(4,5)16-11-13-9-8-12(17-13)7-6-10-15/h12-13,15H,8-11H2,1-5H3/t12-,13+/m1/s1. The molecule has 0 spiro atoms. The second-order valence-corrected chi connectivity index (χ2v) is 11.2. The molecule has 0 aromatic rings. The van der Waals surface area contributed by atoms with E-state index >= 15 is 0 Å². The fraction of sp³-hybridized carbons (Fsp3) is 0.857. The van der Waals surface area contributed by atoms with Gasteiger partial charge in [-0.1, -0.05) is 32.6 Å². The highest BCUT2D eigenvalue weighted by Gasteiger charge is 2.38. The smallest absolute Gasteiger partial charge is 0.192 e. The van der Waals surface area contributed by atoms with E-state index in [2.05, 4.69) is 45.7 Å². The molecule has 4 heteroatoms. The van der Waals surface area contributed by atoms with Crippen molar-refractivity contribution in [2.24, 2.45) is 0 Å². The van der Waals surface area contributed by atoms with E-state index in [1.165, 1.54) is 0 Å². The molecule has 18 heavy (non-hydrogen) atoms. The summed E-state index contributed by atoms with van der Waals surface area (Å²) in [5, 5.41) is 8.88. The Balaban J connectivity index is 2.38. The van der Waals surface area contributed by atoms with Crippen molar-refractivity contribution >= 4 is 8.32 Å². The predicted octanol–water partition coefficient (Wildman–Crippen LogP) is 2.55. The molecule has 0 aliphatic carbocycles. The molecule has 0 radical (unpaired) electrons. The Bertz CT molecular complexity index is 322. The molecule has 0 bridgehead atoms. The molecule has 0 saturated carbocycles. The molecular weight excluding hydrogens is 244 g/mol. The van der Waals surface area contributed by atoms with Gasteiger partial charge in [0.05, 0.1) is 12.7 Å². The summed E-state index contributed by atoms with van der Waals surface area (Å²) < 4.78 is 11.9. The summed E-state index contributed by atoms with van der Waals surface area (Å²) in [6, 6.07) is 0. The van der Waals surface area contributed by atoms with E-state index in [9.17, 15) is 0 Å². The van der Waals surface area contributed by atoms with Crippen molar-refractivity contribution in [1.82, 2.24) is 0 Å². The van der Waals surface area contributed by atoms with Gasteiger partial charge in [-0.05, 0) is 31.0 Å². The van der Waals surface area contributed by atoms with Crippen LogP contribution in [0.25, 0.3) is 0 Å². The minimum absolute atomic E-state index is 0.0230. The fourth-order valence-corrected chi connectivity index (χ4v) is 2.65. The maximum absolute atomic E-state index is 8.64. The van der Waals surface area contributed by atoms with Crippen molar-refractivity contribution in [3.8, 4) is 11.8 Å². The average Bonchev–Trinajstić information content (AvgIpc) is 2.70. The van der Waals surface area contributed by atoms with E-state index in [1.807, 2.05) is 0 Å². The van der Waals surface area contributed by atoms with Crippen molar-refractivity contribution in [1.29, 1.82) is 0 Å². The number of hydrogen-bond donors (Lipinski definition) is 1. The first kappa shape index (κ1) is 15.7. The topological polar surface area (TPSA) is 38.7 Å². The molecule has 0 aromatic carbocycles. The SMILES string of the molecule is CC(C)(C)[Si](C)(C)OC[C@@H]1CC[C@@H](C#CCO)O1. The third-order valence-electron chi connectivity index (χ3n) is 3.89. The second kappa shape index (κ2) is 6.20. The average molecular weight is 270 g/mol. The molecule has 2 atom stereocenters. The largest absolute Gasteiger partial charge is 0.414 e. The lowest BCUT2D eigenvalue weighted by Gasteiger charge is -2.36. The molecule has 1 rings (SSSR count). The summed E-state index contributed by atoms with van der Waals surface area (Å²) in [5.74, 6) is 5.58. The summed E-state index contributed by atoms with van der Waals surface area (Å²) in [7, 11) is -1.68. The first-order valence-corrected chi connectivity index (χ1v) is 9.56. The maximum Gasteiger partial charge on any atom is 0.192 e. The van der Waals surface area contributed by atoms with Crippen molar-refractivity contribution in [3.63, 3.8) is 0 Å². The molecule has 1 N–H and O–H groups in total. The van der Waals surface area contributed by atoms with Crippen molar-refractivity contribution in [3.05, 3.63) is 0 Å². The molecule has 1 fully saturated rings. The van der Waals surface area contributed by atoms with Gasteiger partial charge in [-0.2, -0.15) is 0 Å². The van der Waals surface area contributed by atoms with Gasteiger partial charge >= 0.3 is 0 Å². The minimum Gasteiger partial charge on any atom is -0.414 e. The third kappa shape index (κ3) is 4.40. The summed E-state index contributed by atoms with van der Waals surface area (Å²) in [4.78, 5) is 0. The van der Waals surface area contributed by atoms with E-state index in [0.29, 0.717) is 6.61 Å². The van der Waals surface area contributed by atoms with Gasteiger partial charge in [-0.3, -0.25) is 0 Å². The highest BCUT2D eigenvalue weighted by atomic mass is 28.4. The Kier molecular flexibility index (Phi) is 5.41. The molecule has 0 aromatic heterocycles. The first-order valence-electron chi connectivity index (χ1n) is 6.65. The lowest BCUT2D eigenvalue weighted by molar-refractivity contribution is 0.0380. The monoisotopic (exact) mass is 270 g/mol. The quantitative estimate of drug-likeness (QED) is 0.633. The number of aliphatic hydroxyl groups excluding tert-OH is 1. The highest BCUT2D eigenvalue weighted by molar-refractivity contribution is 6.74. The summed E-state index contributed by atoms with van der Waals surface area (Å²) in [6.45, 7) is 11.8. The van der Waals surface area contributed by atoms with Gasteiger partial charge in [0.2, 0.25) is 0 Å². The number of rotatable bonds is 3. The van der Waals surface area contributed by atoms with E-state index in [0.717, 1.165) is 12.8 Å². The van der Waals surface area contributed by atoms with Crippen LogP contribution in [0.3, 0.4) is 0 Å². The molecule has 1 heterocycles. The Morgan fingerprint density at radius 3 is 2.56 bits per heavy atom. The molecule has 1 aliphatic heterocycles. The summed E-state index contributed by atoms with van der Waals surface area (Å²) in [6.07, 6.45) is 2.08. The van der Waals surface area contributed by atoms with E-state index in [1.54, 1.807) is 0 Å². The maximum atomic E-state index is 8.64. The number of ether oxygens (including phenoxy) is 1. The van der Waals surface area contributed by atoms with Crippen LogP contribution >= 0.6 is 0 Å². The van der Waals surface area contributed by atoms with Crippen LogP contribution in [0.1, 0.15) is 33.6 Å². The third-order valence-corrected chi connectivity index (χ3v) is 8.39. The number of aliphatic hydroxyl groups is 1.